The zero-order valence-corrected chi connectivity index (χ0v) is 12.6. The fourth-order valence-electron chi connectivity index (χ4n) is 1.22. The van der Waals surface area contributed by atoms with Crippen LogP contribution in [0.1, 0.15) is 0 Å². The Labute approximate surface area is 79.0 Å². The van der Waals surface area contributed by atoms with Crippen LogP contribution in [0.5, 0.6) is 0 Å². The van der Waals surface area contributed by atoms with Gasteiger partial charge in [0, 0.05) is 0 Å². The Morgan fingerprint density at radius 2 is 1.00 bits per heavy atom. The molecule has 1 aliphatic rings. The van der Waals surface area contributed by atoms with Gasteiger partial charge in [0.2, 0.25) is 0 Å². The van der Waals surface area contributed by atoms with E-state index in [4.69, 9.17) is 0 Å². The van der Waals surface area contributed by atoms with E-state index in [1.807, 2.05) is 8.06 Å². The molecule has 11 heavy (non-hydrogen) atoms. The molecule has 0 unspecified atom stereocenters. The van der Waals surface area contributed by atoms with Gasteiger partial charge in [-0.1, -0.05) is 0 Å². The van der Waals surface area contributed by atoms with E-state index in [1.165, 1.54) is 0 Å². The molecule has 2 radical (unpaired) electrons. The monoisotopic (exact) mass is 244 g/mol. The van der Waals surface area contributed by atoms with Crippen LogP contribution in [0, 0.1) is 0 Å². The van der Waals surface area contributed by atoms with E-state index in [9.17, 15) is 0 Å². The van der Waals surface area contributed by atoms with Crippen molar-refractivity contribution in [3.8, 4) is 0 Å². The molecule has 0 aromatic heterocycles. The van der Waals surface area contributed by atoms with Gasteiger partial charge in [-0.15, -0.1) is 0 Å². The van der Waals surface area contributed by atoms with Crippen molar-refractivity contribution >= 4 is 31.6 Å². The van der Waals surface area contributed by atoms with Gasteiger partial charge in [-0.05, 0) is 0 Å². The maximum absolute atomic E-state index is 2.50. The van der Waals surface area contributed by atoms with E-state index in [1.54, 1.807) is 0 Å². The van der Waals surface area contributed by atoms with E-state index in [2.05, 4.69) is 39.3 Å². The summed E-state index contributed by atoms with van der Waals surface area (Å²) in [6.07, 6.45) is 0. The van der Waals surface area contributed by atoms with Gasteiger partial charge < -0.3 is 0 Å². The molecule has 0 saturated heterocycles. The predicted octanol–water partition coefficient (Wildman–Crippen LogP) is 2.67. The molecule has 0 fully saturated rings. The first-order valence-electron chi connectivity index (χ1n) is 4.25. The molecule has 0 saturated carbocycles. The number of rotatable bonds is 2. The van der Waals surface area contributed by atoms with Gasteiger partial charge in [-0.2, -0.15) is 0 Å². The van der Waals surface area contributed by atoms with Gasteiger partial charge in [0.05, 0.1) is 0 Å². The summed E-state index contributed by atoms with van der Waals surface area (Å²) in [5, 5.41) is 0. The molecule has 0 nitrogen and oxygen atoms in total. The van der Waals surface area contributed by atoms with Gasteiger partial charge in [0.15, 0.2) is 0 Å². The molecular formula is C8H18GeSi2. The van der Waals surface area contributed by atoms with E-state index < -0.39 is 16.1 Å². The molecule has 0 amide bonds. The zero-order chi connectivity index (χ0) is 8.86. The van der Waals surface area contributed by atoms with E-state index in [0.29, 0.717) is 15.4 Å². The second kappa shape index (κ2) is 2.60. The van der Waals surface area contributed by atoms with Gasteiger partial charge in [-0.3, -0.25) is 0 Å². The predicted molar refractivity (Wildman–Crippen MR) is 59.5 cm³/mol. The Kier molecular flexibility index (Phi) is 2.32. The van der Waals surface area contributed by atoms with Crippen LogP contribution in [0.4, 0.5) is 0 Å². The second-order valence-electron chi connectivity index (χ2n) is 5.38. The molecular weight excluding hydrogens is 225 g/mol. The summed E-state index contributed by atoms with van der Waals surface area (Å²) in [7, 11) is -1.65. The average molecular weight is 243 g/mol. The molecule has 1 rings (SSSR count). The van der Waals surface area contributed by atoms with E-state index >= 15 is 0 Å². The summed E-state index contributed by atoms with van der Waals surface area (Å²) in [4.78, 5) is 0. The van der Waals surface area contributed by atoms with Crippen molar-refractivity contribution in [2.24, 2.45) is 0 Å². The standard InChI is InChI=1S/C8H18GeSi2/c1-10(2,3)7-8(9-7)11(4,5)6/h1-6H3. The third-order valence-electron chi connectivity index (χ3n) is 1.94. The fraction of sp³-hybridized carbons (Fsp3) is 0.750. The summed E-state index contributed by atoms with van der Waals surface area (Å²) >= 11 is 0.360. The maximum atomic E-state index is 2.50. The average Bonchev–Trinajstić information content (AvgIpc) is 2.30. The van der Waals surface area contributed by atoms with Gasteiger partial charge in [0.25, 0.3) is 0 Å². The van der Waals surface area contributed by atoms with Crippen molar-refractivity contribution in [3.05, 3.63) is 8.06 Å². The van der Waals surface area contributed by atoms with Crippen molar-refractivity contribution in [1.82, 2.24) is 0 Å². The van der Waals surface area contributed by atoms with Crippen LogP contribution in [-0.4, -0.2) is 31.6 Å². The summed E-state index contributed by atoms with van der Waals surface area (Å²) in [6.45, 7) is 15.0. The van der Waals surface area contributed by atoms with Crippen LogP contribution in [0.15, 0.2) is 8.06 Å². The van der Waals surface area contributed by atoms with Crippen LogP contribution in [-0.2, 0) is 0 Å². The molecule has 0 aromatic rings. The first-order chi connectivity index (χ1) is 4.73. The van der Waals surface area contributed by atoms with Crippen molar-refractivity contribution in [3.63, 3.8) is 0 Å². The van der Waals surface area contributed by atoms with Crippen molar-refractivity contribution < 1.29 is 0 Å². The van der Waals surface area contributed by atoms with E-state index in [0.717, 1.165) is 0 Å². The fourth-order valence-corrected chi connectivity index (χ4v) is 17.5. The van der Waals surface area contributed by atoms with Crippen LogP contribution in [0.25, 0.3) is 0 Å². The van der Waals surface area contributed by atoms with Crippen LogP contribution in [0.2, 0.25) is 39.3 Å². The summed E-state index contributed by atoms with van der Waals surface area (Å²) in [5.74, 6) is 0. The van der Waals surface area contributed by atoms with Crippen molar-refractivity contribution in [1.29, 1.82) is 0 Å². The molecule has 62 valence electrons. The topological polar surface area (TPSA) is 0 Å². The first kappa shape index (κ1) is 9.80. The summed E-state index contributed by atoms with van der Waals surface area (Å²) in [5.41, 5.74) is 0. The number of hydrogen-bond acceptors (Lipinski definition) is 0. The molecule has 0 bridgehead atoms. The van der Waals surface area contributed by atoms with Crippen LogP contribution in [0.3, 0.4) is 0 Å². The second-order valence-corrected chi connectivity index (χ2v) is 20.1. The summed E-state index contributed by atoms with van der Waals surface area (Å²) in [6, 6.07) is 0. The van der Waals surface area contributed by atoms with Gasteiger partial charge in [-0.25, -0.2) is 0 Å². The zero-order valence-electron chi connectivity index (χ0n) is 8.50. The van der Waals surface area contributed by atoms with Crippen LogP contribution >= 0.6 is 0 Å². The molecule has 0 aliphatic carbocycles. The Balaban J connectivity index is 2.77. The SMILES string of the molecule is C[Si](C)(C)[C]1=[C]([Si](C)(C)C)[Ge]1. The third kappa shape index (κ3) is 2.32. The first-order valence-corrected chi connectivity index (χ1v) is 13.3. The Bertz CT molecular complexity index is 183. The molecule has 0 N–H and O–H groups in total. The van der Waals surface area contributed by atoms with Crippen molar-refractivity contribution in [2.75, 3.05) is 0 Å². The minimum atomic E-state index is -0.826. The minimum absolute atomic E-state index is 0.360. The van der Waals surface area contributed by atoms with Gasteiger partial charge in [0.1, 0.15) is 0 Å². The van der Waals surface area contributed by atoms with Gasteiger partial charge >= 0.3 is 78.9 Å². The Morgan fingerprint density at radius 1 is 0.727 bits per heavy atom. The molecule has 0 spiro atoms. The summed E-state index contributed by atoms with van der Waals surface area (Å²) < 4.78 is 4.02. The molecule has 1 heterocycles. The Hall–Kier alpha value is 0.717. The Morgan fingerprint density at radius 3 is 1.09 bits per heavy atom. The number of hydrogen-bond donors (Lipinski definition) is 0. The van der Waals surface area contributed by atoms with Crippen LogP contribution < -0.4 is 0 Å². The molecule has 0 aromatic carbocycles. The normalized spacial score (nSPS) is 19.1. The molecule has 1 aliphatic heterocycles. The molecule has 0 atom stereocenters. The van der Waals surface area contributed by atoms with E-state index in [-0.39, 0.29) is 0 Å². The quantitative estimate of drug-likeness (QED) is 0.654. The van der Waals surface area contributed by atoms with Crippen molar-refractivity contribution in [2.45, 2.75) is 39.3 Å². The molecule has 3 heteroatoms. The third-order valence-corrected chi connectivity index (χ3v) is 19.1.